The molecule has 4 aliphatic rings. The van der Waals surface area contributed by atoms with E-state index in [9.17, 15) is 4.79 Å². The van der Waals surface area contributed by atoms with E-state index in [2.05, 4.69) is 50.3 Å². The Labute approximate surface area is 258 Å². The Morgan fingerprint density at radius 3 is 2.49 bits per heavy atom. The summed E-state index contributed by atoms with van der Waals surface area (Å²) in [5.41, 5.74) is 3.71. The zero-order valence-electron chi connectivity index (χ0n) is 25.2. The average Bonchev–Trinajstić information content (AvgIpc) is 3.21. The Kier molecular flexibility index (Phi) is 7.13. The van der Waals surface area contributed by atoms with Crippen molar-refractivity contribution in [2.45, 2.75) is 50.5 Å². The van der Waals surface area contributed by atoms with Gasteiger partial charge in [0.15, 0.2) is 0 Å². The summed E-state index contributed by atoms with van der Waals surface area (Å²) >= 11 is 6.51. The third-order valence-corrected chi connectivity index (χ3v) is 10.4. The van der Waals surface area contributed by atoms with Gasteiger partial charge in [0.2, 0.25) is 11.8 Å². The Morgan fingerprint density at radius 1 is 0.977 bits per heavy atom. The molecule has 3 aromatic rings. The number of piperidine rings is 1. The van der Waals surface area contributed by atoms with Crippen LogP contribution < -0.4 is 19.7 Å². The Morgan fingerprint density at radius 2 is 1.74 bits per heavy atom. The van der Waals surface area contributed by atoms with Crippen molar-refractivity contribution in [2.24, 2.45) is 5.41 Å². The van der Waals surface area contributed by atoms with Crippen LogP contribution in [-0.4, -0.2) is 73.1 Å². The third kappa shape index (κ3) is 4.86. The fourth-order valence-corrected chi connectivity index (χ4v) is 7.68. The molecule has 1 N–H and O–H groups in total. The summed E-state index contributed by atoms with van der Waals surface area (Å²) in [5.74, 6) is 1.65. The average molecular weight is 603 g/mol. The molecule has 226 valence electrons. The van der Waals surface area contributed by atoms with Crippen molar-refractivity contribution in [3.8, 4) is 17.4 Å². The van der Waals surface area contributed by atoms with E-state index in [0.717, 1.165) is 55.7 Å². The minimum atomic E-state index is -0.265. The Balaban J connectivity index is 1.10. The summed E-state index contributed by atoms with van der Waals surface area (Å²) in [6.45, 7) is 4.52. The molecule has 0 bridgehead atoms. The van der Waals surface area contributed by atoms with Gasteiger partial charge < -0.3 is 29.5 Å². The number of nitrogens with one attached hydrogen (secondary N) is 1. The highest BCUT2D eigenvalue weighted by atomic mass is 35.5. The first-order valence-electron chi connectivity index (χ1n) is 15.3. The molecule has 1 saturated carbocycles. The van der Waals surface area contributed by atoms with Gasteiger partial charge in [-0.3, -0.25) is 4.79 Å². The third-order valence-electron chi connectivity index (χ3n) is 10.2. The molecule has 3 fully saturated rings. The maximum absolute atomic E-state index is 13.5. The normalized spacial score (nSPS) is 20.7. The number of benzene rings is 2. The number of methoxy groups -OCH3 is 1. The number of anilines is 3. The van der Waals surface area contributed by atoms with Gasteiger partial charge in [-0.1, -0.05) is 43.0 Å². The van der Waals surface area contributed by atoms with Crippen LogP contribution in [0.2, 0.25) is 5.02 Å². The molecule has 2 saturated heterocycles. The van der Waals surface area contributed by atoms with Gasteiger partial charge in [-0.25, -0.2) is 4.98 Å². The summed E-state index contributed by atoms with van der Waals surface area (Å²) in [6, 6.07) is 12.0. The molecule has 1 aromatic heterocycles. The van der Waals surface area contributed by atoms with Gasteiger partial charge in [-0.05, 0) is 69.6 Å². The molecule has 0 atom stereocenters. The number of carbonyl (C=O) groups excluding carboxylic acids is 1. The number of fused-ring (bicyclic) bond motifs is 2. The largest absolute Gasteiger partial charge is 0.494 e. The lowest BCUT2D eigenvalue weighted by atomic mass is 9.72. The van der Waals surface area contributed by atoms with E-state index in [1.165, 1.54) is 38.5 Å². The molecule has 2 spiro atoms. The smallest absolute Gasteiger partial charge is 0.258 e. The second kappa shape index (κ2) is 10.9. The summed E-state index contributed by atoms with van der Waals surface area (Å²) in [7, 11) is 5.78. The molecular formula is C33H39ClN6O3. The van der Waals surface area contributed by atoms with Crippen LogP contribution in [0.15, 0.2) is 42.6 Å². The van der Waals surface area contributed by atoms with Crippen molar-refractivity contribution in [3.63, 3.8) is 0 Å². The maximum Gasteiger partial charge on any atom is 0.258 e. The zero-order chi connectivity index (χ0) is 29.8. The SMILES string of the molecule is COc1cc(N2CC3(CCN(C)CC3)C2)ccc1Nc1ncc(Cl)c(Oc2cccc3c2C(=O)N(C)C32CCCCC2)n1. The predicted molar refractivity (Wildman–Crippen MR) is 168 cm³/mol. The van der Waals surface area contributed by atoms with Gasteiger partial charge in [0.25, 0.3) is 5.91 Å². The molecule has 0 unspecified atom stereocenters. The van der Waals surface area contributed by atoms with Crippen LogP contribution in [0.3, 0.4) is 0 Å². The first kappa shape index (κ1) is 28.2. The van der Waals surface area contributed by atoms with Crippen molar-refractivity contribution in [3.05, 3.63) is 58.7 Å². The predicted octanol–water partition coefficient (Wildman–Crippen LogP) is 6.45. The first-order chi connectivity index (χ1) is 20.8. The number of hydrogen-bond donors (Lipinski definition) is 1. The number of likely N-dealkylation sites (tertiary alicyclic amines) is 1. The van der Waals surface area contributed by atoms with E-state index in [0.29, 0.717) is 28.4 Å². The van der Waals surface area contributed by atoms with Crippen molar-refractivity contribution in [1.29, 1.82) is 0 Å². The van der Waals surface area contributed by atoms with Gasteiger partial charge in [-0.15, -0.1) is 0 Å². The van der Waals surface area contributed by atoms with E-state index in [1.54, 1.807) is 7.11 Å². The molecule has 4 heterocycles. The van der Waals surface area contributed by atoms with Crippen LogP contribution in [0.25, 0.3) is 0 Å². The van der Waals surface area contributed by atoms with Gasteiger partial charge >= 0.3 is 0 Å². The minimum Gasteiger partial charge on any atom is -0.494 e. The van der Waals surface area contributed by atoms with Gasteiger partial charge in [0, 0.05) is 37.3 Å². The van der Waals surface area contributed by atoms with Crippen molar-refractivity contribution < 1.29 is 14.3 Å². The topological polar surface area (TPSA) is 83.1 Å². The Hall–Kier alpha value is -3.56. The van der Waals surface area contributed by atoms with Crippen LogP contribution in [0.1, 0.15) is 60.9 Å². The number of carbonyl (C=O) groups is 1. The van der Waals surface area contributed by atoms with Gasteiger partial charge in [-0.2, -0.15) is 4.98 Å². The molecule has 10 heteroatoms. The quantitative estimate of drug-likeness (QED) is 0.345. The van der Waals surface area contributed by atoms with E-state index in [1.807, 2.05) is 30.1 Å². The highest BCUT2D eigenvalue weighted by Crippen LogP contribution is 2.51. The summed E-state index contributed by atoms with van der Waals surface area (Å²) in [4.78, 5) is 29.2. The Bertz CT molecular complexity index is 1540. The van der Waals surface area contributed by atoms with Crippen LogP contribution in [0.5, 0.6) is 17.4 Å². The lowest BCUT2D eigenvalue weighted by Crippen LogP contribution is -2.60. The molecular weight excluding hydrogens is 564 g/mol. The van der Waals surface area contributed by atoms with E-state index >= 15 is 0 Å². The molecule has 1 amide bonds. The monoisotopic (exact) mass is 602 g/mol. The fraction of sp³-hybridized carbons (Fsp3) is 0.485. The van der Waals surface area contributed by atoms with Crippen LogP contribution >= 0.6 is 11.6 Å². The second-order valence-corrected chi connectivity index (χ2v) is 13.2. The highest BCUT2D eigenvalue weighted by molar-refractivity contribution is 6.31. The molecule has 0 radical (unpaired) electrons. The van der Waals surface area contributed by atoms with Crippen molar-refractivity contribution in [2.75, 3.05) is 57.6 Å². The molecule has 2 aromatic carbocycles. The highest BCUT2D eigenvalue weighted by Gasteiger charge is 2.49. The van der Waals surface area contributed by atoms with Gasteiger partial charge in [0.1, 0.15) is 16.5 Å². The fourth-order valence-electron chi connectivity index (χ4n) is 7.55. The van der Waals surface area contributed by atoms with Crippen molar-refractivity contribution >= 4 is 34.8 Å². The number of ether oxygens (including phenoxy) is 2. The summed E-state index contributed by atoms with van der Waals surface area (Å²) in [6.07, 6.45) is 9.36. The number of nitrogens with zero attached hydrogens (tertiary/aromatic N) is 5. The maximum atomic E-state index is 13.5. The molecule has 43 heavy (non-hydrogen) atoms. The lowest BCUT2D eigenvalue weighted by Gasteiger charge is -2.54. The number of amides is 1. The first-order valence-corrected chi connectivity index (χ1v) is 15.7. The number of rotatable bonds is 6. The summed E-state index contributed by atoms with van der Waals surface area (Å²) < 4.78 is 12.0. The van der Waals surface area contributed by atoms with E-state index < -0.39 is 0 Å². The second-order valence-electron chi connectivity index (χ2n) is 12.8. The number of halogens is 1. The lowest BCUT2D eigenvalue weighted by molar-refractivity contribution is 0.0529. The van der Waals surface area contributed by atoms with Crippen LogP contribution in [-0.2, 0) is 5.54 Å². The van der Waals surface area contributed by atoms with E-state index in [-0.39, 0.29) is 22.3 Å². The standard InChI is InChI=1S/C33H39ClN6O3/c1-38-16-14-32(15-17-38)20-40(21-32)22-10-11-25(27(18-22)42-3)36-31-35-19-24(34)29(37-31)43-26-9-7-8-23-28(26)30(41)39(2)33(23)12-5-4-6-13-33/h7-11,18-19H,4-6,12-17,20-21H2,1-3H3,(H,35,36,37). The van der Waals surface area contributed by atoms with Crippen LogP contribution in [0, 0.1) is 5.41 Å². The zero-order valence-corrected chi connectivity index (χ0v) is 25.9. The van der Waals surface area contributed by atoms with Crippen LogP contribution in [0.4, 0.5) is 17.3 Å². The van der Waals surface area contributed by atoms with Crippen molar-refractivity contribution in [1.82, 2.24) is 19.8 Å². The number of aromatic nitrogens is 2. The molecule has 3 aliphatic heterocycles. The number of hydrogen-bond acceptors (Lipinski definition) is 8. The van der Waals surface area contributed by atoms with E-state index in [4.69, 9.17) is 21.1 Å². The van der Waals surface area contributed by atoms with Gasteiger partial charge in [0.05, 0.1) is 30.1 Å². The molecule has 1 aliphatic carbocycles. The molecule has 9 nitrogen and oxygen atoms in total. The molecule has 7 rings (SSSR count). The summed E-state index contributed by atoms with van der Waals surface area (Å²) in [5, 5.41) is 3.53. The minimum absolute atomic E-state index is 0.0233.